The van der Waals surface area contributed by atoms with Gasteiger partial charge in [0.1, 0.15) is 0 Å². The van der Waals surface area contributed by atoms with Crippen LogP contribution in [0.2, 0.25) is 0 Å². The van der Waals surface area contributed by atoms with Crippen LogP contribution in [0, 0.1) is 11.8 Å². The minimum absolute atomic E-state index is 0.496. The van der Waals surface area contributed by atoms with Crippen molar-refractivity contribution in [3.8, 4) is 11.8 Å². The Morgan fingerprint density at radius 2 is 2.19 bits per heavy atom. The molecular weight excluding hydrogens is 196 g/mol. The van der Waals surface area contributed by atoms with E-state index in [4.69, 9.17) is 0 Å². The normalized spacial score (nSPS) is 11.4. The van der Waals surface area contributed by atoms with Crippen LogP contribution in [0.3, 0.4) is 0 Å². The number of hydrogen-bond acceptors (Lipinski definition) is 1. The predicted octanol–water partition coefficient (Wildman–Crippen LogP) is 3.45. The third kappa shape index (κ3) is 3.56. The van der Waals surface area contributed by atoms with Gasteiger partial charge >= 0.3 is 0 Å². The van der Waals surface area contributed by atoms with E-state index in [-0.39, 0.29) is 0 Å². The summed E-state index contributed by atoms with van der Waals surface area (Å²) in [4.78, 5) is 0. The number of benzene rings is 1. The Labute approximate surface area is 97.8 Å². The smallest absolute Gasteiger partial charge is 0.0836 e. The lowest BCUT2D eigenvalue weighted by molar-refractivity contribution is 0.181. The van der Waals surface area contributed by atoms with Crippen LogP contribution in [0.5, 0.6) is 0 Å². The quantitative estimate of drug-likeness (QED) is 0.601. The molecule has 1 N–H and O–H groups in total. The number of aliphatic hydroxyl groups is 1. The Bertz CT molecular complexity index is 395. The Kier molecular flexibility index (Phi) is 5.39. The van der Waals surface area contributed by atoms with E-state index in [1.807, 2.05) is 24.3 Å². The van der Waals surface area contributed by atoms with Gasteiger partial charge in [-0.05, 0) is 24.5 Å². The van der Waals surface area contributed by atoms with Crippen LogP contribution in [0.4, 0.5) is 0 Å². The molecule has 0 aliphatic carbocycles. The highest BCUT2D eigenvalue weighted by atomic mass is 16.3. The molecule has 1 aromatic rings. The van der Waals surface area contributed by atoms with Gasteiger partial charge in [-0.2, -0.15) is 0 Å². The zero-order valence-electron chi connectivity index (χ0n) is 9.74. The second kappa shape index (κ2) is 6.87. The lowest BCUT2D eigenvalue weighted by Crippen LogP contribution is -1.98. The number of unbranched alkanes of at least 4 members (excludes halogenated alkanes) is 1. The summed E-state index contributed by atoms with van der Waals surface area (Å²) < 4.78 is 0. The minimum Gasteiger partial charge on any atom is -0.388 e. The van der Waals surface area contributed by atoms with Crippen LogP contribution >= 0.6 is 0 Å². The van der Waals surface area contributed by atoms with E-state index in [0.29, 0.717) is 6.42 Å². The molecule has 1 heteroatoms. The summed E-state index contributed by atoms with van der Waals surface area (Å²) in [7, 11) is 0. The van der Waals surface area contributed by atoms with Gasteiger partial charge in [0.05, 0.1) is 6.10 Å². The lowest BCUT2D eigenvalue weighted by atomic mass is 10.0. The maximum atomic E-state index is 9.92. The average molecular weight is 214 g/mol. The Hall–Kier alpha value is -1.52. The lowest BCUT2D eigenvalue weighted by Gasteiger charge is -2.10. The number of rotatable bonds is 4. The van der Waals surface area contributed by atoms with Crippen molar-refractivity contribution >= 4 is 0 Å². The molecule has 0 aliphatic rings. The van der Waals surface area contributed by atoms with Crippen LogP contribution in [-0.4, -0.2) is 5.11 Å². The summed E-state index contributed by atoms with van der Waals surface area (Å²) in [5, 5.41) is 9.92. The molecule has 0 fully saturated rings. The largest absolute Gasteiger partial charge is 0.388 e. The Balaban J connectivity index is 2.92. The van der Waals surface area contributed by atoms with Gasteiger partial charge < -0.3 is 5.11 Å². The summed E-state index contributed by atoms with van der Waals surface area (Å²) in [6, 6.07) is 7.74. The molecule has 0 radical (unpaired) electrons. The average Bonchev–Trinajstić information content (AvgIpc) is 2.30. The molecule has 0 amide bonds. The van der Waals surface area contributed by atoms with Crippen molar-refractivity contribution in [3.05, 3.63) is 48.0 Å². The van der Waals surface area contributed by atoms with E-state index in [0.717, 1.165) is 24.0 Å². The van der Waals surface area contributed by atoms with Crippen molar-refractivity contribution in [3.63, 3.8) is 0 Å². The standard InChI is InChI=1S/C15H18O/c1-3-5-6-10-13-11-7-8-12-14(13)15(16)9-4-2/h4,7-8,11-12,15-16H,2-3,5,9H2,1H3. The first kappa shape index (κ1) is 12.5. The van der Waals surface area contributed by atoms with E-state index in [1.54, 1.807) is 6.08 Å². The molecule has 84 valence electrons. The molecule has 16 heavy (non-hydrogen) atoms. The number of aliphatic hydroxyl groups excluding tert-OH is 1. The van der Waals surface area contributed by atoms with Crippen LogP contribution in [0.15, 0.2) is 36.9 Å². The maximum absolute atomic E-state index is 9.92. The molecule has 0 aromatic heterocycles. The van der Waals surface area contributed by atoms with E-state index in [9.17, 15) is 5.11 Å². The molecule has 1 aromatic carbocycles. The maximum Gasteiger partial charge on any atom is 0.0836 e. The minimum atomic E-state index is -0.496. The third-order valence-corrected chi connectivity index (χ3v) is 2.31. The van der Waals surface area contributed by atoms with E-state index in [2.05, 4.69) is 25.3 Å². The first-order valence-electron chi connectivity index (χ1n) is 5.66. The monoisotopic (exact) mass is 214 g/mol. The molecular formula is C15H18O. The highest BCUT2D eigenvalue weighted by Gasteiger charge is 2.08. The highest BCUT2D eigenvalue weighted by molar-refractivity contribution is 5.42. The molecule has 0 spiro atoms. The Morgan fingerprint density at radius 1 is 1.44 bits per heavy atom. The molecule has 0 aliphatic heterocycles. The second-order valence-corrected chi connectivity index (χ2v) is 3.68. The molecule has 1 unspecified atom stereocenters. The molecule has 1 atom stereocenters. The van der Waals surface area contributed by atoms with Crippen molar-refractivity contribution in [1.82, 2.24) is 0 Å². The van der Waals surface area contributed by atoms with Crippen LogP contribution in [0.1, 0.15) is 43.4 Å². The first-order valence-corrected chi connectivity index (χ1v) is 5.66. The fourth-order valence-corrected chi connectivity index (χ4v) is 1.47. The van der Waals surface area contributed by atoms with E-state index < -0.39 is 6.10 Å². The molecule has 1 rings (SSSR count). The van der Waals surface area contributed by atoms with Crippen LogP contribution in [-0.2, 0) is 0 Å². The van der Waals surface area contributed by atoms with Crippen LogP contribution in [0.25, 0.3) is 0 Å². The third-order valence-electron chi connectivity index (χ3n) is 2.31. The summed E-state index contributed by atoms with van der Waals surface area (Å²) in [5.41, 5.74) is 1.82. The Morgan fingerprint density at radius 3 is 2.88 bits per heavy atom. The first-order chi connectivity index (χ1) is 7.79. The van der Waals surface area contributed by atoms with E-state index >= 15 is 0 Å². The molecule has 1 nitrogen and oxygen atoms in total. The summed E-state index contributed by atoms with van der Waals surface area (Å²) in [5.74, 6) is 6.21. The SMILES string of the molecule is C=CCC(O)c1ccccc1C#CCCC. The van der Waals surface area contributed by atoms with Gasteiger partial charge in [-0.3, -0.25) is 0 Å². The van der Waals surface area contributed by atoms with Crippen molar-refractivity contribution in [2.75, 3.05) is 0 Å². The van der Waals surface area contributed by atoms with Gasteiger partial charge in [-0.15, -0.1) is 6.58 Å². The highest BCUT2D eigenvalue weighted by Crippen LogP contribution is 2.20. The van der Waals surface area contributed by atoms with Gasteiger partial charge in [0, 0.05) is 12.0 Å². The van der Waals surface area contributed by atoms with E-state index in [1.165, 1.54) is 0 Å². The molecule has 0 saturated carbocycles. The molecule has 0 heterocycles. The molecule has 0 saturated heterocycles. The zero-order valence-corrected chi connectivity index (χ0v) is 9.74. The van der Waals surface area contributed by atoms with Crippen molar-refractivity contribution in [2.24, 2.45) is 0 Å². The summed E-state index contributed by atoms with van der Waals surface area (Å²) >= 11 is 0. The fraction of sp³-hybridized carbons (Fsp3) is 0.333. The van der Waals surface area contributed by atoms with Gasteiger partial charge in [0.15, 0.2) is 0 Å². The van der Waals surface area contributed by atoms with Crippen LogP contribution < -0.4 is 0 Å². The summed E-state index contributed by atoms with van der Waals surface area (Å²) in [6.45, 7) is 5.74. The van der Waals surface area contributed by atoms with Crippen molar-refractivity contribution in [2.45, 2.75) is 32.3 Å². The van der Waals surface area contributed by atoms with Gasteiger partial charge in [-0.25, -0.2) is 0 Å². The second-order valence-electron chi connectivity index (χ2n) is 3.68. The van der Waals surface area contributed by atoms with Crippen molar-refractivity contribution < 1.29 is 5.11 Å². The zero-order chi connectivity index (χ0) is 11.8. The van der Waals surface area contributed by atoms with Gasteiger partial charge in [0.2, 0.25) is 0 Å². The summed E-state index contributed by atoms with van der Waals surface area (Å²) in [6.07, 6.45) is 3.74. The fourth-order valence-electron chi connectivity index (χ4n) is 1.47. The van der Waals surface area contributed by atoms with Gasteiger partial charge in [0.25, 0.3) is 0 Å². The predicted molar refractivity (Wildman–Crippen MR) is 68.0 cm³/mol. The number of hydrogen-bond donors (Lipinski definition) is 1. The topological polar surface area (TPSA) is 20.2 Å². The van der Waals surface area contributed by atoms with Gasteiger partial charge in [-0.1, -0.05) is 43.0 Å². The van der Waals surface area contributed by atoms with Crippen molar-refractivity contribution in [1.29, 1.82) is 0 Å². The molecule has 0 bridgehead atoms.